The molecule has 2 fully saturated rings. The Balaban J connectivity index is 1.15. The summed E-state index contributed by atoms with van der Waals surface area (Å²) < 4.78 is 10.0. The van der Waals surface area contributed by atoms with E-state index in [1.165, 1.54) is 29.4 Å². The summed E-state index contributed by atoms with van der Waals surface area (Å²) in [6, 6.07) is 17.3. The monoisotopic (exact) mass is 469 g/mol. The summed E-state index contributed by atoms with van der Waals surface area (Å²) >= 11 is 0. The second-order valence-corrected chi connectivity index (χ2v) is 10.9. The van der Waals surface area contributed by atoms with E-state index in [0.29, 0.717) is 5.92 Å². The molecule has 2 aromatic carbocycles. The van der Waals surface area contributed by atoms with Crippen LogP contribution in [0.25, 0.3) is 22.0 Å². The zero-order valence-electron chi connectivity index (χ0n) is 20.8. The van der Waals surface area contributed by atoms with Crippen molar-refractivity contribution in [2.75, 3.05) is 13.2 Å². The predicted octanol–water partition coefficient (Wildman–Crippen LogP) is 5.90. The maximum atomic E-state index is 5.89. The lowest BCUT2D eigenvalue weighted by atomic mass is 9.96. The zero-order valence-corrected chi connectivity index (χ0v) is 20.8. The van der Waals surface area contributed by atoms with Crippen LogP contribution in [0.15, 0.2) is 67.1 Å². The maximum Gasteiger partial charge on any atom is 0.150 e. The van der Waals surface area contributed by atoms with E-state index in [1.807, 2.05) is 10.9 Å². The number of benzene rings is 2. The Morgan fingerprint density at radius 2 is 1.91 bits per heavy atom. The molecule has 4 aromatic rings. The molecule has 6 rings (SSSR count). The third-order valence-corrected chi connectivity index (χ3v) is 7.72. The first-order chi connectivity index (χ1) is 17.0. The molecule has 0 N–H and O–H groups in total. The smallest absolute Gasteiger partial charge is 0.150 e. The van der Waals surface area contributed by atoms with Crippen LogP contribution in [0, 0.1) is 5.92 Å². The number of fused-ring (bicyclic) bond motifs is 1. The molecule has 2 atom stereocenters. The van der Waals surface area contributed by atoms with Gasteiger partial charge in [0.2, 0.25) is 0 Å². The number of nitrogens with zero attached hydrogens (tertiary/aromatic N) is 5. The van der Waals surface area contributed by atoms with Crippen molar-refractivity contribution in [3.63, 3.8) is 0 Å². The first-order valence-electron chi connectivity index (χ1n) is 13.0. The topological polar surface area (TPSA) is 48.1 Å². The molecule has 0 bridgehead atoms. The zero-order chi connectivity index (χ0) is 23.8. The van der Waals surface area contributed by atoms with Crippen LogP contribution in [0.5, 0.6) is 0 Å². The number of hydrogen-bond donors (Lipinski definition) is 0. The first-order valence-corrected chi connectivity index (χ1v) is 13.0. The summed E-state index contributed by atoms with van der Waals surface area (Å²) in [5.41, 5.74) is 4.94. The van der Waals surface area contributed by atoms with Gasteiger partial charge in [-0.05, 0) is 68.7 Å². The summed E-state index contributed by atoms with van der Waals surface area (Å²) in [5, 5.41) is 10.7. The molecule has 6 nitrogen and oxygen atoms in total. The van der Waals surface area contributed by atoms with Crippen LogP contribution in [-0.2, 0) is 17.8 Å². The van der Waals surface area contributed by atoms with E-state index in [-0.39, 0.29) is 11.8 Å². The van der Waals surface area contributed by atoms with E-state index < -0.39 is 0 Å². The quantitative estimate of drug-likeness (QED) is 0.353. The lowest BCUT2D eigenvalue weighted by Crippen LogP contribution is -2.37. The summed E-state index contributed by atoms with van der Waals surface area (Å²) in [4.78, 5) is 2.63. The van der Waals surface area contributed by atoms with Crippen LogP contribution in [0.1, 0.15) is 51.3 Å². The number of ether oxygens (including phenoxy) is 1. The lowest BCUT2D eigenvalue weighted by Gasteiger charge is -2.31. The van der Waals surface area contributed by atoms with Gasteiger partial charge in [-0.1, -0.05) is 36.4 Å². The Morgan fingerprint density at radius 1 is 1.03 bits per heavy atom. The largest absolute Gasteiger partial charge is 0.357 e. The maximum absolute atomic E-state index is 5.89. The molecule has 182 valence electrons. The molecule has 0 spiro atoms. The van der Waals surface area contributed by atoms with Crippen LogP contribution in [-0.4, -0.2) is 43.2 Å². The van der Waals surface area contributed by atoms with Crippen molar-refractivity contribution in [3.8, 4) is 11.1 Å². The van der Waals surface area contributed by atoms with Crippen LogP contribution in [0.3, 0.4) is 0 Å². The van der Waals surface area contributed by atoms with E-state index in [0.717, 1.165) is 50.2 Å². The molecule has 4 heterocycles. The molecule has 0 amide bonds. The van der Waals surface area contributed by atoms with Crippen molar-refractivity contribution >= 4 is 10.9 Å². The van der Waals surface area contributed by atoms with Crippen molar-refractivity contribution in [3.05, 3.63) is 72.7 Å². The average Bonchev–Trinajstić information content (AvgIpc) is 3.57. The Hall–Kier alpha value is -2.96. The third kappa shape index (κ3) is 4.78. The molecule has 0 aliphatic carbocycles. The van der Waals surface area contributed by atoms with Gasteiger partial charge in [-0.2, -0.15) is 10.2 Å². The molecular formula is C29H35N5O. The minimum atomic E-state index is 0.0705. The standard InChI is InChI=1S/C29H35N5O/c1-29(2)15-23(18-32(29)17-22-8-4-3-5-9-22)19-33-20-25-14-24(11-12-27(25)31-33)26-16-30-34(21-26)28-10-6-7-13-35-28/h3-5,8-9,11-12,14,16,20-21,23,28H,6-7,10,13,15,17-19H2,1-2H3. The van der Waals surface area contributed by atoms with Gasteiger partial charge >= 0.3 is 0 Å². The summed E-state index contributed by atoms with van der Waals surface area (Å²) in [7, 11) is 0. The number of aromatic nitrogens is 4. The molecule has 2 aliphatic heterocycles. The van der Waals surface area contributed by atoms with E-state index >= 15 is 0 Å². The van der Waals surface area contributed by atoms with Gasteiger partial charge in [0.1, 0.15) is 6.23 Å². The SMILES string of the molecule is CC1(C)CC(Cn2cc3cc(-c4cnn(C5CCCCO5)c4)ccc3n2)CN1Cc1ccccc1. The molecule has 0 radical (unpaired) electrons. The Kier molecular flexibility index (Phi) is 5.94. The summed E-state index contributed by atoms with van der Waals surface area (Å²) in [6.45, 7) is 8.64. The lowest BCUT2D eigenvalue weighted by molar-refractivity contribution is -0.0394. The second kappa shape index (κ2) is 9.25. The minimum Gasteiger partial charge on any atom is -0.357 e. The molecular weight excluding hydrogens is 434 g/mol. The molecule has 2 aromatic heterocycles. The predicted molar refractivity (Wildman–Crippen MR) is 139 cm³/mol. The fourth-order valence-corrected chi connectivity index (χ4v) is 5.85. The highest BCUT2D eigenvalue weighted by Gasteiger charge is 2.38. The van der Waals surface area contributed by atoms with E-state index in [2.05, 4.69) is 89.5 Å². The average molecular weight is 470 g/mol. The van der Waals surface area contributed by atoms with Gasteiger partial charge in [-0.15, -0.1) is 0 Å². The van der Waals surface area contributed by atoms with Crippen molar-refractivity contribution < 1.29 is 4.74 Å². The van der Waals surface area contributed by atoms with Gasteiger partial charge < -0.3 is 4.74 Å². The van der Waals surface area contributed by atoms with Gasteiger partial charge in [0.15, 0.2) is 0 Å². The summed E-state index contributed by atoms with van der Waals surface area (Å²) in [6.07, 6.45) is 10.9. The van der Waals surface area contributed by atoms with Gasteiger partial charge in [0.05, 0.1) is 11.7 Å². The van der Waals surface area contributed by atoms with Gasteiger partial charge in [0, 0.05) is 55.1 Å². The fourth-order valence-electron chi connectivity index (χ4n) is 5.85. The Bertz CT molecular complexity index is 1280. The van der Waals surface area contributed by atoms with Crippen LogP contribution in [0.2, 0.25) is 0 Å². The fraction of sp³-hybridized carbons (Fsp3) is 0.448. The van der Waals surface area contributed by atoms with Crippen LogP contribution < -0.4 is 0 Å². The highest BCUT2D eigenvalue weighted by molar-refractivity contribution is 5.83. The number of likely N-dealkylation sites (tertiary alicyclic amines) is 1. The first kappa shape index (κ1) is 22.5. The third-order valence-electron chi connectivity index (χ3n) is 7.72. The van der Waals surface area contributed by atoms with Crippen LogP contribution >= 0.6 is 0 Å². The van der Waals surface area contributed by atoms with Crippen LogP contribution in [0.4, 0.5) is 0 Å². The molecule has 35 heavy (non-hydrogen) atoms. The van der Waals surface area contributed by atoms with Crippen molar-refractivity contribution in [1.82, 2.24) is 24.5 Å². The molecule has 2 aliphatic rings. The molecule has 2 unspecified atom stereocenters. The van der Waals surface area contributed by atoms with E-state index in [4.69, 9.17) is 9.84 Å². The number of rotatable bonds is 6. The molecule has 2 saturated heterocycles. The van der Waals surface area contributed by atoms with E-state index in [9.17, 15) is 0 Å². The highest BCUT2D eigenvalue weighted by atomic mass is 16.5. The van der Waals surface area contributed by atoms with E-state index in [1.54, 1.807) is 0 Å². The molecule has 6 heteroatoms. The highest BCUT2D eigenvalue weighted by Crippen LogP contribution is 2.35. The van der Waals surface area contributed by atoms with Crippen molar-refractivity contribution in [2.45, 2.75) is 64.4 Å². The van der Waals surface area contributed by atoms with Gasteiger partial charge in [-0.25, -0.2) is 4.68 Å². The second-order valence-electron chi connectivity index (χ2n) is 10.9. The Morgan fingerprint density at radius 3 is 2.74 bits per heavy atom. The van der Waals surface area contributed by atoms with Gasteiger partial charge in [-0.3, -0.25) is 9.58 Å². The van der Waals surface area contributed by atoms with Crippen molar-refractivity contribution in [1.29, 1.82) is 0 Å². The van der Waals surface area contributed by atoms with Crippen molar-refractivity contribution in [2.24, 2.45) is 5.92 Å². The summed E-state index contributed by atoms with van der Waals surface area (Å²) in [5.74, 6) is 0.594. The normalized spacial score (nSPS) is 22.7. The minimum absolute atomic E-state index is 0.0705. The van der Waals surface area contributed by atoms with Gasteiger partial charge in [0.25, 0.3) is 0 Å². The molecule has 0 saturated carbocycles. The number of hydrogen-bond acceptors (Lipinski definition) is 4. The Labute approximate surface area is 207 Å².